The molecule has 0 bridgehead atoms. The second-order valence-electron chi connectivity index (χ2n) is 3.56. The van der Waals surface area contributed by atoms with Gasteiger partial charge in [0.15, 0.2) is 4.34 Å². The molecule has 0 radical (unpaired) electrons. The lowest BCUT2D eigenvalue weighted by atomic mass is 10.1. The summed E-state index contributed by atoms with van der Waals surface area (Å²) in [4.78, 5) is 0. The van der Waals surface area contributed by atoms with Crippen LogP contribution in [0.3, 0.4) is 0 Å². The third-order valence-corrected chi connectivity index (χ3v) is 4.26. The minimum atomic E-state index is -0.255. The van der Waals surface area contributed by atoms with Crippen molar-refractivity contribution in [2.24, 2.45) is 5.73 Å². The van der Waals surface area contributed by atoms with E-state index in [0.29, 0.717) is 5.75 Å². The number of nitrogens with zero attached hydrogens (tertiary/aromatic N) is 2. The van der Waals surface area contributed by atoms with Gasteiger partial charge in [-0.1, -0.05) is 35.2 Å². The highest BCUT2D eigenvalue weighted by molar-refractivity contribution is 8.01. The average molecular weight is 269 g/mol. The minimum absolute atomic E-state index is 0.195. The first-order valence-corrected chi connectivity index (χ1v) is 6.89. The van der Waals surface area contributed by atoms with E-state index in [9.17, 15) is 4.39 Å². The van der Waals surface area contributed by atoms with Crippen molar-refractivity contribution >= 4 is 23.1 Å². The molecule has 1 heterocycles. The van der Waals surface area contributed by atoms with Crippen molar-refractivity contribution in [3.8, 4) is 0 Å². The van der Waals surface area contributed by atoms with Crippen molar-refractivity contribution in [2.75, 3.05) is 5.75 Å². The van der Waals surface area contributed by atoms with Crippen LogP contribution in [0.2, 0.25) is 0 Å². The molecule has 3 nitrogen and oxygen atoms in total. The number of nitrogens with two attached hydrogens (primary N) is 1. The first kappa shape index (κ1) is 12.5. The van der Waals surface area contributed by atoms with Crippen molar-refractivity contribution in [3.05, 3.63) is 40.7 Å². The molecule has 6 heteroatoms. The summed E-state index contributed by atoms with van der Waals surface area (Å²) in [6.07, 6.45) is 0. The zero-order valence-corrected chi connectivity index (χ0v) is 10.9. The maximum absolute atomic E-state index is 13.0. The molecule has 0 fully saturated rings. The summed E-state index contributed by atoms with van der Waals surface area (Å²) in [7, 11) is 0. The lowest BCUT2D eigenvalue weighted by molar-refractivity contribution is 0.622. The highest BCUT2D eigenvalue weighted by atomic mass is 32.2. The van der Waals surface area contributed by atoms with Crippen molar-refractivity contribution in [1.29, 1.82) is 0 Å². The van der Waals surface area contributed by atoms with Crippen LogP contribution in [0.25, 0.3) is 0 Å². The fraction of sp³-hybridized carbons (Fsp3) is 0.273. The maximum Gasteiger partial charge on any atom is 0.174 e. The topological polar surface area (TPSA) is 51.8 Å². The quantitative estimate of drug-likeness (QED) is 0.867. The van der Waals surface area contributed by atoms with Gasteiger partial charge in [-0.3, -0.25) is 0 Å². The van der Waals surface area contributed by atoms with E-state index in [0.717, 1.165) is 14.9 Å². The fourth-order valence-electron chi connectivity index (χ4n) is 1.33. The Balaban J connectivity index is 1.95. The lowest BCUT2D eigenvalue weighted by Gasteiger charge is -2.10. The van der Waals surface area contributed by atoms with Gasteiger partial charge < -0.3 is 5.73 Å². The van der Waals surface area contributed by atoms with Gasteiger partial charge in [0.05, 0.1) is 0 Å². The summed E-state index contributed by atoms with van der Waals surface area (Å²) in [5, 5.41) is 8.87. The van der Waals surface area contributed by atoms with Crippen molar-refractivity contribution in [3.63, 3.8) is 0 Å². The van der Waals surface area contributed by atoms with Crippen LogP contribution in [0.15, 0.2) is 28.6 Å². The fourth-order valence-corrected chi connectivity index (χ4v) is 3.16. The first-order valence-electron chi connectivity index (χ1n) is 5.09. The Kier molecular flexibility index (Phi) is 4.09. The smallest absolute Gasteiger partial charge is 0.174 e. The van der Waals surface area contributed by atoms with Gasteiger partial charge in [0, 0.05) is 11.8 Å². The molecular formula is C11H12FN3S2. The Labute approximate surface area is 107 Å². The third kappa shape index (κ3) is 3.49. The standard InChI is InChI=1S/C11H12FN3S2/c1-7-14-15-11(17-7)16-6-10(13)8-3-2-4-9(12)5-8/h2-5,10H,6,13H2,1H3. The lowest BCUT2D eigenvalue weighted by Crippen LogP contribution is -2.13. The van der Waals surface area contributed by atoms with Gasteiger partial charge in [0.1, 0.15) is 10.8 Å². The molecule has 1 aromatic carbocycles. The molecule has 1 unspecified atom stereocenters. The zero-order valence-electron chi connectivity index (χ0n) is 9.26. The molecule has 0 aliphatic rings. The Morgan fingerprint density at radius 1 is 1.47 bits per heavy atom. The van der Waals surface area contributed by atoms with Crippen LogP contribution in [0, 0.1) is 12.7 Å². The van der Waals surface area contributed by atoms with Crippen LogP contribution in [-0.4, -0.2) is 16.0 Å². The highest BCUT2D eigenvalue weighted by Gasteiger charge is 2.09. The van der Waals surface area contributed by atoms with Gasteiger partial charge in [-0.15, -0.1) is 10.2 Å². The molecule has 2 N–H and O–H groups in total. The molecule has 1 aromatic heterocycles. The summed E-state index contributed by atoms with van der Waals surface area (Å²) in [5.41, 5.74) is 6.79. The Morgan fingerprint density at radius 3 is 2.94 bits per heavy atom. The normalized spacial score (nSPS) is 12.6. The van der Waals surface area contributed by atoms with Crippen LogP contribution in [-0.2, 0) is 0 Å². The Morgan fingerprint density at radius 2 is 2.29 bits per heavy atom. The van der Waals surface area contributed by atoms with Gasteiger partial charge >= 0.3 is 0 Å². The molecule has 0 amide bonds. The predicted molar refractivity (Wildman–Crippen MR) is 68.7 cm³/mol. The van der Waals surface area contributed by atoms with Crippen LogP contribution in [0.4, 0.5) is 4.39 Å². The largest absolute Gasteiger partial charge is 0.323 e. The molecule has 0 aliphatic carbocycles. The monoisotopic (exact) mass is 269 g/mol. The van der Waals surface area contributed by atoms with E-state index in [1.807, 2.05) is 13.0 Å². The molecule has 90 valence electrons. The van der Waals surface area contributed by atoms with E-state index in [2.05, 4.69) is 10.2 Å². The molecule has 0 aliphatic heterocycles. The first-order chi connectivity index (χ1) is 8.15. The molecule has 1 atom stereocenters. The molecule has 0 saturated carbocycles. The SMILES string of the molecule is Cc1nnc(SCC(N)c2cccc(F)c2)s1. The second kappa shape index (κ2) is 5.57. The number of halogens is 1. The number of hydrogen-bond donors (Lipinski definition) is 1. The molecule has 2 rings (SSSR count). The number of benzene rings is 1. The van der Waals surface area contributed by atoms with E-state index >= 15 is 0 Å². The molecule has 0 saturated heterocycles. The number of hydrogen-bond acceptors (Lipinski definition) is 5. The molecule has 2 aromatic rings. The highest BCUT2D eigenvalue weighted by Crippen LogP contribution is 2.26. The summed E-state index contributed by atoms with van der Waals surface area (Å²) in [6, 6.07) is 6.19. The predicted octanol–water partition coefficient (Wildman–Crippen LogP) is 2.78. The van der Waals surface area contributed by atoms with E-state index in [4.69, 9.17) is 5.73 Å². The number of aryl methyl sites for hydroxylation is 1. The molecule has 17 heavy (non-hydrogen) atoms. The number of thioether (sulfide) groups is 1. The van der Waals surface area contributed by atoms with E-state index in [1.54, 1.807) is 17.8 Å². The summed E-state index contributed by atoms with van der Waals surface area (Å²) in [5.74, 6) is 0.410. The van der Waals surface area contributed by atoms with Gasteiger partial charge in [-0.05, 0) is 24.6 Å². The van der Waals surface area contributed by atoms with Crippen LogP contribution >= 0.6 is 23.1 Å². The summed E-state index contributed by atoms with van der Waals surface area (Å²) < 4.78 is 13.9. The summed E-state index contributed by atoms with van der Waals surface area (Å²) in [6.45, 7) is 1.91. The van der Waals surface area contributed by atoms with Crippen LogP contribution < -0.4 is 5.73 Å². The van der Waals surface area contributed by atoms with Gasteiger partial charge in [-0.25, -0.2) is 4.39 Å². The zero-order chi connectivity index (χ0) is 12.3. The van der Waals surface area contributed by atoms with Crippen LogP contribution in [0.1, 0.15) is 16.6 Å². The van der Waals surface area contributed by atoms with E-state index < -0.39 is 0 Å². The molecular weight excluding hydrogens is 257 g/mol. The Hall–Kier alpha value is -0.980. The van der Waals surface area contributed by atoms with E-state index in [1.165, 1.54) is 23.5 Å². The van der Waals surface area contributed by atoms with Crippen LogP contribution in [0.5, 0.6) is 0 Å². The number of rotatable bonds is 4. The van der Waals surface area contributed by atoms with Gasteiger partial charge in [0.25, 0.3) is 0 Å². The maximum atomic E-state index is 13.0. The van der Waals surface area contributed by atoms with Crippen molar-refractivity contribution < 1.29 is 4.39 Å². The van der Waals surface area contributed by atoms with Crippen molar-refractivity contribution in [1.82, 2.24) is 10.2 Å². The summed E-state index contributed by atoms with van der Waals surface area (Å²) >= 11 is 3.09. The van der Waals surface area contributed by atoms with E-state index in [-0.39, 0.29) is 11.9 Å². The third-order valence-electron chi connectivity index (χ3n) is 2.17. The number of aromatic nitrogens is 2. The minimum Gasteiger partial charge on any atom is -0.323 e. The Bertz CT molecular complexity index is 501. The molecule has 0 spiro atoms. The second-order valence-corrected chi connectivity index (χ2v) is 6.01. The van der Waals surface area contributed by atoms with Gasteiger partial charge in [-0.2, -0.15) is 0 Å². The average Bonchev–Trinajstić information content (AvgIpc) is 2.72. The van der Waals surface area contributed by atoms with Gasteiger partial charge in [0.2, 0.25) is 0 Å². The van der Waals surface area contributed by atoms with Crippen molar-refractivity contribution in [2.45, 2.75) is 17.3 Å².